The standard InChI is InChI=1S/C18H16O7/c1-22-13-5-4-9(6-10(13)19)14-7-11(20)16-15(25-14)8-12(21)17(23-2)18(16)24-3/h4-8,19,21H,1-3H3. The maximum atomic E-state index is 12.6. The molecule has 1 aromatic heterocycles. The molecular weight excluding hydrogens is 328 g/mol. The third kappa shape index (κ3) is 2.69. The number of methoxy groups -OCH3 is 3. The fraction of sp³-hybridized carbons (Fsp3) is 0.167. The summed E-state index contributed by atoms with van der Waals surface area (Å²) in [6, 6.07) is 7.18. The van der Waals surface area contributed by atoms with E-state index < -0.39 is 0 Å². The average molecular weight is 344 g/mol. The number of rotatable bonds is 4. The molecule has 1 heterocycles. The van der Waals surface area contributed by atoms with Crippen LogP contribution in [0.4, 0.5) is 0 Å². The van der Waals surface area contributed by atoms with Gasteiger partial charge in [-0.2, -0.15) is 0 Å². The molecule has 7 heteroatoms. The Hall–Kier alpha value is -3.35. The average Bonchev–Trinajstić information content (AvgIpc) is 2.60. The summed E-state index contributed by atoms with van der Waals surface area (Å²) in [5.74, 6) is 0.369. The van der Waals surface area contributed by atoms with Gasteiger partial charge in [-0.3, -0.25) is 4.79 Å². The SMILES string of the molecule is COc1ccc(-c2cc(=O)c3c(OC)c(OC)c(O)cc3o2)cc1O. The number of ether oxygens (including phenoxy) is 3. The summed E-state index contributed by atoms with van der Waals surface area (Å²) in [7, 11) is 4.17. The summed E-state index contributed by atoms with van der Waals surface area (Å²) >= 11 is 0. The van der Waals surface area contributed by atoms with E-state index in [2.05, 4.69) is 0 Å². The minimum absolute atomic E-state index is 0.0529. The summed E-state index contributed by atoms with van der Waals surface area (Å²) in [4.78, 5) is 12.6. The molecule has 0 unspecified atom stereocenters. The molecule has 0 saturated heterocycles. The van der Waals surface area contributed by atoms with Gasteiger partial charge in [0.05, 0.1) is 21.3 Å². The molecule has 0 atom stereocenters. The Morgan fingerprint density at radius 3 is 2.20 bits per heavy atom. The van der Waals surface area contributed by atoms with Gasteiger partial charge in [0.25, 0.3) is 0 Å². The molecule has 7 nitrogen and oxygen atoms in total. The Kier molecular flexibility index (Phi) is 4.14. The zero-order chi connectivity index (χ0) is 18.1. The van der Waals surface area contributed by atoms with Crippen LogP contribution >= 0.6 is 0 Å². The van der Waals surface area contributed by atoms with Gasteiger partial charge in [-0.25, -0.2) is 0 Å². The van der Waals surface area contributed by atoms with Crippen molar-refractivity contribution in [3.05, 3.63) is 40.6 Å². The third-order valence-electron chi connectivity index (χ3n) is 3.78. The van der Waals surface area contributed by atoms with Crippen molar-refractivity contribution >= 4 is 11.0 Å². The first kappa shape index (κ1) is 16.5. The van der Waals surface area contributed by atoms with E-state index >= 15 is 0 Å². The second-order valence-corrected chi connectivity index (χ2v) is 5.20. The van der Waals surface area contributed by atoms with Crippen molar-refractivity contribution in [1.82, 2.24) is 0 Å². The van der Waals surface area contributed by atoms with Gasteiger partial charge >= 0.3 is 0 Å². The molecule has 0 aliphatic carbocycles. The minimum Gasteiger partial charge on any atom is -0.504 e. The Bertz CT molecular complexity index is 1000. The summed E-state index contributed by atoms with van der Waals surface area (Å²) < 4.78 is 21.0. The molecule has 3 aromatic rings. The van der Waals surface area contributed by atoms with Crippen LogP contribution in [0.3, 0.4) is 0 Å². The van der Waals surface area contributed by atoms with Crippen molar-refractivity contribution in [3.63, 3.8) is 0 Å². The monoisotopic (exact) mass is 344 g/mol. The highest BCUT2D eigenvalue weighted by atomic mass is 16.5. The van der Waals surface area contributed by atoms with Crippen molar-refractivity contribution in [1.29, 1.82) is 0 Å². The molecule has 0 saturated carbocycles. The lowest BCUT2D eigenvalue weighted by Gasteiger charge is -2.12. The fourth-order valence-electron chi connectivity index (χ4n) is 2.63. The molecule has 130 valence electrons. The lowest BCUT2D eigenvalue weighted by molar-refractivity contribution is 0.335. The van der Waals surface area contributed by atoms with Crippen LogP contribution in [0.25, 0.3) is 22.3 Å². The topological polar surface area (TPSA) is 98.4 Å². The van der Waals surface area contributed by atoms with E-state index in [4.69, 9.17) is 18.6 Å². The van der Waals surface area contributed by atoms with Gasteiger partial charge < -0.3 is 28.8 Å². The lowest BCUT2D eigenvalue weighted by atomic mass is 10.1. The zero-order valence-corrected chi connectivity index (χ0v) is 13.8. The van der Waals surface area contributed by atoms with Gasteiger partial charge in [-0.15, -0.1) is 0 Å². The summed E-state index contributed by atoms with van der Waals surface area (Å²) in [5.41, 5.74) is 0.237. The van der Waals surface area contributed by atoms with E-state index in [1.54, 1.807) is 12.1 Å². The first-order chi connectivity index (χ1) is 12.0. The van der Waals surface area contributed by atoms with Crippen molar-refractivity contribution in [3.8, 4) is 40.1 Å². The third-order valence-corrected chi connectivity index (χ3v) is 3.78. The highest BCUT2D eigenvalue weighted by molar-refractivity contribution is 5.90. The summed E-state index contributed by atoms with van der Waals surface area (Å²) in [6.07, 6.45) is 0. The van der Waals surface area contributed by atoms with E-state index in [1.807, 2.05) is 0 Å². The van der Waals surface area contributed by atoms with Crippen LogP contribution in [-0.2, 0) is 0 Å². The number of fused-ring (bicyclic) bond motifs is 1. The number of benzene rings is 2. The number of hydrogen-bond donors (Lipinski definition) is 2. The molecule has 0 amide bonds. The molecule has 0 bridgehead atoms. The van der Waals surface area contributed by atoms with E-state index in [0.29, 0.717) is 11.3 Å². The maximum Gasteiger partial charge on any atom is 0.204 e. The molecule has 25 heavy (non-hydrogen) atoms. The van der Waals surface area contributed by atoms with E-state index in [-0.39, 0.29) is 45.2 Å². The molecule has 0 radical (unpaired) electrons. The van der Waals surface area contributed by atoms with Crippen LogP contribution in [-0.4, -0.2) is 31.5 Å². The summed E-state index contributed by atoms with van der Waals surface area (Å²) in [6.45, 7) is 0. The molecule has 2 aromatic carbocycles. The largest absolute Gasteiger partial charge is 0.504 e. The predicted octanol–water partition coefficient (Wildman–Crippen LogP) is 2.90. The van der Waals surface area contributed by atoms with Crippen LogP contribution in [0.15, 0.2) is 39.5 Å². The quantitative estimate of drug-likeness (QED) is 0.751. The highest BCUT2D eigenvalue weighted by Gasteiger charge is 2.20. The maximum absolute atomic E-state index is 12.6. The summed E-state index contributed by atoms with van der Waals surface area (Å²) in [5, 5.41) is 20.1. The second-order valence-electron chi connectivity index (χ2n) is 5.20. The number of hydrogen-bond acceptors (Lipinski definition) is 7. The molecule has 3 rings (SSSR count). The Balaban J connectivity index is 2.27. The number of phenols is 2. The fourth-order valence-corrected chi connectivity index (χ4v) is 2.63. The molecule has 0 aliphatic rings. The first-order valence-corrected chi connectivity index (χ1v) is 7.29. The second kappa shape index (κ2) is 6.27. The molecule has 2 N–H and O–H groups in total. The van der Waals surface area contributed by atoms with Crippen molar-refractivity contribution in [2.45, 2.75) is 0 Å². The van der Waals surface area contributed by atoms with Gasteiger partial charge in [-0.1, -0.05) is 0 Å². The highest BCUT2D eigenvalue weighted by Crippen LogP contribution is 2.42. The smallest absolute Gasteiger partial charge is 0.204 e. The molecule has 0 aliphatic heterocycles. The first-order valence-electron chi connectivity index (χ1n) is 7.29. The lowest BCUT2D eigenvalue weighted by Crippen LogP contribution is -2.04. The van der Waals surface area contributed by atoms with Gasteiger partial charge in [0.1, 0.15) is 16.7 Å². The van der Waals surface area contributed by atoms with E-state index in [1.165, 1.54) is 39.5 Å². The Morgan fingerprint density at radius 2 is 1.60 bits per heavy atom. The Morgan fingerprint density at radius 1 is 0.880 bits per heavy atom. The van der Waals surface area contributed by atoms with Crippen molar-refractivity contribution in [2.75, 3.05) is 21.3 Å². The van der Waals surface area contributed by atoms with Crippen LogP contribution in [0.2, 0.25) is 0 Å². The van der Waals surface area contributed by atoms with Gasteiger partial charge in [0, 0.05) is 17.7 Å². The number of phenolic OH excluding ortho intramolecular Hbond substituents is 2. The molecular formula is C18H16O7. The van der Waals surface area contributed by atoms with Crippen LogP contribution in [0.1, 0.15) is 0 Å². The van der Waals surface area contributed by atoms with Gasteiger partial charge in [0.15, 0.2) is 28.4 Å². The van der Waals surface area contributed by atoms with E-state index in [9.17, 15) is 15.0 Å². The normalized spacial score (nSPS) is 10.7. The van der Waals surface area contributed by atoms with Gasteiger partial charge in [-0.05, 0) is 18.2 Å². The predicted molar refractivity (Wildman–Crippen MR) is 90.9 cm³/mol. The minimum atomic E-state index is -0.373. The van der Waals surface area contributed by atoms with Crippen molar-refractivity contribution < 1.29 is 28.8 Å². The van der Waals surface area contributed by atoms with Crippen molar-refractivity contribution in [2.24, 2.45) is 0 Å². The molecule has 0 spiro atoms. The zero-order valence-electron chi connectivity index (χ0n) is 13.8. The number of aromatic hydroxyl groups is 2. The van der Waals surface area contributed by atoms with Gasteiger partial charge in [0.2, 0.25) is 5.75 Å². The van der Waals surface area contributed by atoms with E-state index in [0.717, 1.165) is 0 Å². The molecule has 0 fully saturated rings. The van der Waals surface area contributed by atoms with Crippen LogP contribution in [0, 0.1) is 0 Å². The Labute approximate surface area is 142 Å². The van der Waals surface area contributed by atoms with Crippen LogP contribution < -0.4 is 19.6 Å². The van der Waals surface area contributed by atoms with Crippen LogP contribution in [0.5, 0.6) is 28.7 Å².